The van der Waals surface area contributed by atoms with Crippen LogP contribution in [0.25, 0.3) is 11.3 Å². The molecule has 0 fully saturated rings. The van der Waals surface area contributed by atoms with Crippen molar-refractivity contribution in [1.82, 2.24) is 4.98 Å². The van der Waals surface area contributed by atoms with Crippen LogP contribution in [0.4, 0.5) is 5.69 Å². The molecule has 1 heterocycles. The van der Waals surface area contributed by atoms with E-state index in [4.69, 9.17) is 0 Å². The first kappa shape index (κ1) is 10.4. The molecule has 0 atom stereocenters. The molecular weight excluding hydrogens is 200 g/mol. The third-order valence-corrected chi connectivity index (χ3v) is 2.09. The minimum atomic E-state index is -0.0773. The van der Waals surface area contributed by atoms with Gasteiger partial charge in [-0.2, -0.15) is 0 Å². The number of carbonyl (C=O) groups is 1. The van der Waals surface area contributed by atoms with E-state index in [1.165, 1.54) is 6.92 Å². The number of anilines is 1. The molecular formula is C13H11N2O. The number of benzene rings is 1. The lowest BCUT2D eigenvalue weighted by Gasteiger charge is -2.04. The second-order valence-electron chi connectivity index (χ2n) is 3.41. The highest BCUT2D eigenvalue weighted by atomic mass is 16.1. The van der Waals surface area contributed by atoms with Crippen LogP contribution in [-0.4, -0.2) is 10.9 Å². The molecule has 3 nitrogen and oxygen atoms in total. The van der Waals surface area contributed by atoms with Gasteiger partial charge >= 0.3 is 0 Å². The standard InChI is InChI=1S/C13H11N2O/c1-10(16)15-12-6-4-5-11(9-12)13-7-2-3-8-14-13/h2,4-9H,1H3,(H,15,16). The molecule has 1 radical (unpaired) electrons. The molecule has 0 bridgehead atoms. The molecule has 1 aromatic carbocycles. The average molecular weight is 211 g/mol. The lowest BCUT2D eigenvalue weighted by atomic mass is 10.1. The fourth-order valence-corrected chi connectivity index (χ4v) is 1.45. The molecule has 3 heteroatoms. The normalized spacial score (nSPS) is 9.81. The molecule has 0 aliphatic heterocycles. The van der Waals surface area contributed by atoms with Crippen molar-refractivity contribution >= 4 is 11.6 Å². The van der Waals surface area contributed by atoms with Crippen molar-refractivity contribution in [2.24, 2.45) is 0 Å². The Labute approximate surface area is 94.1 Å². The van der Waals surface area contributed by atoms with Crippen molar-refractivity contribution in [3.63, 3.8) is 0 Å². The van der Waals surface area contributed by atoms with Crippen LogP contribution in [0, 0.1) is 6.07 Å². The minimum Gasteiger partial charge on any atom is -0.326 e. The first-order chi connectivity index (χ1) is 7.75. The Bertz CT molecular complexity index is 494. The number of nitrogens with zero attached hydrogens (tertiary/aromatic N) is 1. The van der Waals surface area contributed by atoms with Crippen LogP contribution < -0.4 is 5.32 Å². The van der Waals surface area contributed by atoms with Gasteiger partial charge in [0.2, 0.25) is 5.91 Å². The van der Waals surface area contributed by atoms with Gasteiger partial charge in [0.1, 0.15) is 0 Å². The van der Waals surface area contributed by atoms with Gasteiger partial charge < -0.3 is 5.32 Å². The predicted molar refractivity (Wildman–Crippen MR) is 62.8 cm³/mol. The Kier molecular flexibility index (Phi) is 2.96. The van der Waals surface area contributed by atoms with Crippen molar-refractivity contribution in [3.05, 3.63) is 48.7 Å². The van der Waals surface area contributed by atoms with E-state index in [-0.39, 0.29) is 5.91 Å². The van der Waals surface area contributed by atoms with E-state index >= 15 is 0 Å². The summed E-state index contributed by atoms with van der Waals surface area (Å²) in [5.74, 6) is -0.0773. The van der Waals surface area contributed by atoms with Gasteiger partial charge in [-0.05, 0) is 18.2 Å². The molecule has 1 aromatic heterocycles. The van der Waals surface area contributed by atoms with Gasteiger partial charge in [-0.15, -0.1) is 0 Å². The van der Waals surface area contributed by atoms with Gasteiger partial charge in [0.25, 0.3) is 0 Å². The zero-order valence-electron chi connectivity index (χ0n) is 8.90. The Morgan fingerprint density at radius 2 is 2.25 bits per heavy atom. The summed E-state index contributed by atoms with van der Waals surface area (Å²) >= 11 is 0. The van der Waals surface area contributed by atoms with Crippen LogP contribution in [0.2, 0.25) is 0 Å². The fourth-order valence-electron chi connectivity index (χ4n) is 1.45. The number of hydrogen-bond acceptors (Lipinski definition) is 2. The maximum absolute atomic E-state index is 10.9. The summed E-state index contributed by atoms with van der Waals surface area (Å²) < 4.78 is 0. The van der Waals surface area contributed by atoms with Crippen molar-refractivity contribution in [3.8, 4) is 11.3 Å². The lowest BCUT2D eigenvalue weighted by molar-refractivity contribution is -0.114. The summed E-state index contributed by atoms with van der Waals surface area (Å²) in [4.78, 5) is 15.1. The van der Waals surface area contributed by atoms with Crippen molar-refractivity contribution < 1.29 is 4.79 Å². The number of pyridine rings is 1. The smallest absolute Gasteiger partial charge is 0.221 e. The monoisotopic (exact) mass is 211 g/mol. The SMILES string of the molecule is CC(=O)Nc1cccc(-c2cc[c]cn2)c1. The number of aromatic nitrogens is 1. The Balaban J connectivity index is 2.33. The summed E-state index contributed by atoms with van der Waals surface area (Å²) in [6.07, 6.45) is 1.63. The van der Waals surface area contributed by atoms with Gasteiger partial charge in [-0.25, -0.2) is 0 Å². The Hall–Kier alpha value is -2.16. The Morgan fingerprint density at radius 3 is 2.94 bits per heavy atom. The maximum atomic E-state index is 10.9. The molecule has 1 N–H and O–H groups in total. The number of rotatable bonds is 2. The summed E-state index contributed by atoms with van der Waals surface area (Å²) in [6.45, 7) is 1.49. The van der Waals surface area contributed by atoms with Gasteiger partial charge in [0.05, 0.1) is 5.69 Å². The van der Waals surface area contributed by atoms with Crippen molar-refractivity contribution in [2.45, 2.75) is 6.92 Å². The first-order valence-electron chi connectivity index (χ1n) is 4.96. The molecule has 0 saturated carbocycles. The molecule has 0 saturated heterocycles. The number of nitrogens with one attached hydrogen (secondary N) is 1. The molecule has 16 heavy (non-hydrogen) atoms. The van der Waals surface area contributed by atoms with E-state index in [2.05, 4.69) is 16.4 Å². The number of hydrogen-bond donors (Lipinski definition) is 1. The fraction of sp³-hybridized carbons (Fsp3) is 0.0769. The van der Waals surface area contributed by atoms with Gasteiger partial charge in [-0.1, -0.05) is 18.2 Å². The molecule has 0 aliphatic carbocycles. The summed E-state index contributed by atoms with van der Waals surface area (Å²) in [5, 5.41) is 2.74. The van der Waals surface area contributed by atoms with Gasteiger partial charge in [0.15, 0.2) is 0 Å². The van der Waals surface area contributed by atoms with Crippen LogP contribution in [0.1, 0.15) is 6.92 Å². The van der Waals surface area contributed by atoms with E-state index < -0.39 is 0 Å². The maximum Gasteiger partial charge on any atom is 0.221 e. The minimum absolute atomic E-state index is 0.0773. The number of carbonyl (C=O) groups excluding carboxylic acids is 1. The van der Waals surface area contributed by atoms with Gasteiger partial charge in [0, 0.05) is 30.4 Å². The third-order valence-electron chi connectivity index (χ3n) is 2.09. The second-order valence-corrected chi connectivity index (χ2v) is 3.41. The van der Waals surface area contributed by atoms with Crippen LogP contribution in [0.15, 0.2) is 42.6 Å². The second kappa shape index (κ2) is 4.57. The van der Waals surface area contributed by atoms with E-state index in [1.54, 1.807) is 6.20 Å². The van der Waals surface area contributed by atoms with Gasteiger partial charge in [-0.3, -0.25) is 9.78 Å². The van der Waals surface area contributed by atoms with Crippen LogP contribution >= 0.6 is 0 Å². The van der Waals surface area contributed by atoms with E-state index in [0.717, 1.165) is 16.9 Å². The quantitative estimate of drug-likeness (QED) is 0.829. The highest BCUT2D eigenvalue weighted by molar-refractivity contribution is 5.89. The van der Waals surface area contributed by atoms with E-state index in [0.29, 0.717) is 0 Å². The molecule has 1 amide bonds. The molecule has 0 spiro atoms. The lowest BCUT2D eigenvalue weighted by Crippen LogP contribution is -2.05. The largest absolute Gasteiger partial charge is 0.326 e. The molecule has 0 unspecified atom stereocenters. The number of amides is 1. The average Bonchev–Trinajstić information content (AvgIpc) is 2.30. The van der Waals surface area contributed by atoms with E-state index in [9.17, 15) is 4.79 Å². The summed E-state index contributed by atoms with van der Waals surface area (Å²) in [5.41, 5.74) is 2.62. The molecule has 79 valence electrons. The molecule has 0 aliphatic rings. The topological polar surface area (TPSA) is 42.0 Å². The third kappa shape index (κ3) is 2.45. The van der Waals surface area contributed by atoms with Crippen molar-refractivity contribution in [1.29, 1.82) is 0 Å². The van der Waals surface area contributed by atoms with Crippen LogP contribution in [-0.2, 0) is 4.79 Å². The predicted octanol–water partition coefficient (Wildman–Crippen LogP) is 2.51. The molecule has 2 aromatic rings. The zero-order chi connectivity index (χ0) is 11.4. The Morgan fingerprint density at radius 1 is 1.38 bits per heavy atom. The van der Waals surface area contributed by atoms with Crippen molar-refractivity contribution in [2.75, 3.05) is 5.32 Å². The highest BCUT2D eigenvalue weighted by Crippen LogP contribution is 2.20. The van der Waals surface area contributed by atoms with Crippen LogP contribution in [0.3, 0.4) is 0 Å². The van der Waals surface area contributed by atoms with Crippen LogP contribution in [0.5, 0.6) is 0 Å². The zero-order valence-corrected chi connectivity index (χ0v) is 8.90. The first-order valence-corrected chi connectivity index (χ1v) is 4.96. The van der Waals surface area contributed by atoms with E-state index in [1.807, 2.05) is 36.4 Å². The summed E-state index contributed by atoms with van der Waals surface area (Å²) in [6, 6.07) is 14.1. The summed E-state index contributed by atoms with van der Waals surface area (Å²) in [7, 11) is 0. The molecule has 2 rings (SSSR count). The highest BCUT2D eigenvalue weighted by Gasteiger charge is 2.00.